The van der Waals surface area contributed by atoms with Gasteiger partial charge in [0, 0.05) is 13.1 Å². The Morgan fingerprint density at radius 2 is 1.67 bits per heavy atom. The molecule has 0 spiro atoms. The molecule has 0 saturated carbocycles. The molecule has 110 valence electrons. The molecule has 3 rings (SSSR count). The average Bonchev–Trinajstić information content (AvgIpc) is 2.53. The molecule has 0 saturated heterocycles. The van der Waals surface area contributed by atoms with E-state index in [4.69, 9.17) is 0 Å². The predicted molar refractivity (Wildman–Crippen MR) is 86.0 cm³/mol. The van der Waals surface area contributed by atoms with Gasteiger partial charge in [-0.15, -0.1) is 0 Å². The smallest absolute Gasteiger partial charge is 0.133 e. The normalized spacial score (nSPS) is 16.8. The van der Waals surface area contributed by atoms with E-state index in [0.29, 0.717) is 5.92 Å². The minimum atomic E-state index is -0.517. The van der Waals surface area contributed by atoms with Crippen molar-refractivity contribution in [1.29, 1.82) is 0 Å². The fourth-order valence-corrected chi connectivity index (χ4v) is 3.02. The summed E-state index contributed by atoms with van der Waals surface area (Å²) in [6.07, 6.45) is 0.494. The minimum Gasteiger partial charge on any atom is -0.374 e. The molecule has 0 aliphatic carbocycles. The molecule has 0 bridgehead atoms. The summed E-state index contributed by atoms with van der Waals surface area (Å²) in [7, 11) is 0. The van der Waals surface area contributed by atoms with E-state index in [1.807, 2.05) is 12.1 Å². The van der Waals surface area contributed by atoms with Gasteiger partial charge in [0.15, 0.2) is 0 Å². The zero-order chi connectivity index (χ0) is 14.8. The maximum absolute atomic E-state index is 10.7. The summed E-state index contributed by atoms with van der Waals surface area (Å²) in [4.78, 5) is 2.15. The highest BCUT2D eigenvalue weighted by atomic mass is 16.3. The standard InChI is InChI=1S/C19H23NO/c1-14(2)16-8-5-9-17(12-16)19(21)20-11-10-15-6-3-4-7-18(15)13-20/h3-9,12,14,19,21H,10-11,13H2,1-2H3. The van der Waals surface area contributed by atoms with Crippen LogP contribution in [-0.4, -0.2) is 16.6 Å². The van der Waals surface area contributed by atoms with Crippen LogP contribution in [0.3, 0.4) is 0 Å². The van der Waals surface area contributed by atoms with Gasteiger partial charge in [0.05, 0.1) is 0 Å². The lowest BCUT2D eigenvalue weighted by Gasteiger charge is -2.33. The van der Waals surface area contributed by atoms with Crippen LogP contribution in [0.2, 0.25) is 0 Å². The molecule has 0 fully saturated rings. The van der Waals surface area contributed by atoms with Gasteiger partial charge in [-0.25, -0.2) is 0 Å². The van der Waals surface area contributed by atoms with E-state index in [-0.39, 0.29) is 0 Å². The molecule has 21 heavy (non-hydrogen) atoms. The van der Waals surface area contributed by atoms with Crippen LogP contribution in [0.1, 0.15) is 48.2 Å². The third-order valence-electron chi connectivity index (χ3n) is 4.38. The van der Waals surface area contributed by atoms with Crippen LogP contribution in [-0.2, 0) is 13.0 Å². The van der Waals surface area contributed by atoms with Crippen molar-refractivity contribution in [2.75, 3.05) is 6.54 Å². The zero-order valence-corrected chi connectivity index (χ0v) is 12.8. The first kappa shape index (κ1) is 14.3. The molecule has 0 radical (unpaired) electrons. The number of aliphatic hydroxyl groups is 1. The Balaban J connectivity index is 1.80. The Morgan fingerprint density at radius 3 is 2.43 bits per heavy atom. The van der Waals surface area contributed by atoms with Crippen molar-refractivity contribution in [3.05, 3.63) is 70.8 Å². The van der Waals surface area contributed by atoms with E-state index in [0.717, 1.165) is 25.1 Å². The molecule has 2 nitrogen and oxygen atoms in total. The molecule has 2 heteroatoms. The van der Waals surface area contributed by atoms with Gasteiger partial charge in [-0.05, 0) is 34.6 Å². The quantitative estimate of drug-likeness (QED) is 0.923. The summed E-state index contributed by atoms with van der Waals surface area (Å²) >= 11 is 0. The third-order valence-corrected chi connectivity index (χ3v) is 4.38. The Labute approximate surface area is 127 Å². The maximum atomic E-state index is 10.7. The van der Waals surface area contributed by atoms with Crippen molar-refractivity contribution in [1.82, 2.24) is 4.90 Å². The molecule has 1 aliphatic rings. The van der Waals surface area contributed by atoms with Crippen LogP contribution < -0.4 is 0 Å². The van der Waals surface area contributed by atoms with Crippen LogP contribution in [0.25, 0.3) is 0 Å². The van der Waals surface area contributed by atoms with Crippen LogP contribution in [0.4, 0.5) is 0 Å². The zero-order valence-electron chi connectivity index (χ0n) is 12.8. The first-order valence-electron chi connectivity index (χ1n) is 7.74. The van der Waals surface area contributed by atoms with Gasteiger partial charge in [0.1, 0.15) is 6.23 Å². The fourth-order valence-electron chi connectivity index (χ4n) is 3.02. The van der Waals surface area contributed by atoms with E-state index >= 15 is 0 Å². The van der Waals surface area contributed by atoms with Crippen molar-refractivity contribution in [2.24, 2.45) is 0 Å². The Kier molecular flexibility index (Phi) is 4.09. The van der Waals surface area contributed by atoms with Crippen LogP contribution >= 0.6 is 0 Å². The van der Waals surface area contributed by atoms with Gasteiger partial charge in [-0.3, -0.25) is 4.90 Å². The number of rotatable bonds is 3. The molecule has 1 heterocycles. The summed E-state index contributed by atoms with van der Waals surface area (Å²) in [5, 5.41) is 10.7. The summed E-state index contributed by atoms with van der Waals surface area (Å²) in [6, 6.07) is 16.9. The Hall–Kier alpha value is -1.64. The molecule has 1 N–H and O–H groups in total. The van der Waals surface area contributed by atoms with E-state index in [1.165, 1.54) is 16.7 Å². The van der Waals surface area contributed by atoms with Gasteiger partial charge >= 0.3 is 0 Å². The maximum Gasteiger partial charge on any atom is 0.133 e. The SMILES string of the molecule is CC(C)c1cccc(C(O)N2CCc3ccccc3C2)c1. The van der Waals surface area contributed by atoms with Crippen molar-refractivity contribution >= 4 is 0 Å². The lowest BCUT2D eigenvalue weighted by molar-refractivity contribution is -0.00783. The van der Waals surface area contributed by atoms with Gasteiger partial charge < -0.3 is 5.11 Å². The number of nitrogens with zero attached hydrogens (tertiary/aromatic N) is 1. The van der Waals surface area contributed by atoms with Gasteiger partial charge in [-0.2, -0.15) is 0 Å². The molecule has 0 aromatic heterocycles. The Morgan fingerprint density at radius 1 is 0.952 bits per heavy atom. The second-order valence-electron chi connectivity index (χ2n) is 6.19. The number of hydrogen-bond acceptors (Lipinski definition) is 2. The number of aliphatic hydroxyl groups excluding tert-OH is 1. The highest BCUT2D eigenvalue weighted by Crippen LogP contribution is 2.27. The van der Waals surface area contributed by atoms with Crippen LogP contribution in [0.15, 0.2) is 48.5 Å². The van der Waals surface area contributed by atoms with Crippen molar-refractivity contribution in [3.63, 3.8) is 0 Å². The summed E-state index contributed by atoms with van der Waals surface area (Å²) in [5.41, 5.74) is 5.03. The first-order chi connectivity index (χ1) is 10.1. The van der Waals surface area contributed by atoms with Crippen LogP contribution in [0.5, 0.6) is 0 Å². The summed E-state index contributed by atoms with van der Waals surface area (Å²) < 4.78 is 0. The lowest BCUT2D eigenvalue weighted by Crippen LogP contribution is -2.34. The number of benzene rings is 2. The molecule has 1 aliphatic heterocycles. The molecular weight excluding hydrogens is 258 g/mol. The van der Waals surface area contributed by atoms with E-state index in [2.05, 4.69) is 55.1 Å². The monoisotopic (exact) mass is 281 g/mol. The fraction of sp³-hybridized carbons (Fsp3) is 0.368. The van der Waals surface area contributed by atoms with Gasteiger partial charge in [0.25, 0.3) is 0 Å². The molecule has 1 unspecified atom stereocenters. The highest BCUT2D eigenvalue weighted by molar-refractivity contribution is 5.31. The van der Waals surface area contributed by atoms with Crippen molar-refractivity contribution in [2.45, 2.75) is 39.0 Å². The second kappa shape index (κ2) is 6.00. The molecular formula is C19H23NO. The third kappa shape index (κ3) is 3.02. The summed E-state index contributed by atoms with van der Waals surface area (Å²) in [6.45, 7) is 6.10. The van der Waals surface area contributed by atoms with Crippen LogP contribution in [0, 0.1) is 0 Å². The predicted octanol–water partition coefficient (Wildman–Crippen LogP) is 3.86. The minimum absolute atomic E-state index is 0.485. The van der Waals surface area contributed by atoms with E-state index < -0.39 is 6.23 Å². The molecule has 2 aromatic rings. The van der Waals surface area contributed by atoms with Gasteiger partial charge in [-0.1, -0.05) is 62.4 Å². The Bertz CT molecular complexity index is 620. The summed E-state index contributed by atoms with van der Waals surface area (Å²) in [5.74, 6) is 0.485. The number of fused-ring (bicyclic) bond motifs is 1. The second-order valence-corrected chi connectivity index (χ2v) is 6.19. The van der Waals surface area contributed by atoms with Crippen molar-refractivity contribution < 1.29 is 5.11 Å². The first-order valence-corrected chi connectivity index (χ1v) is 7.74. The average molecular weight is 281 g/mol. The van der Waals surface area contributed by atoms with E-state index in [1.54, 1.807) is 0 Å². The topological polar surface area (TPSA) is 23.5 Å². The number of hydrogen-bond donors (Lipinski definition) is 1. The van der Waals surface area contributed by atoms with E-state index in [9.17, 15) is 5.11 Å². The largest absolute Gasteiger partial charge is 0.374 e. The lowest BCUT2D eigenvalue weighted by atomic mass is 9.97. The molecule has 1 atom stereocenters. The van der Waals surface area contributed by atoms with Gasteiger partial charge in [0.2, 0.25) is 0 Å². The highest BCUT2D eigenvalue weighted by Gasteiger charge is 2.23. The molecule has 0 amide bonds. The molecule has 2 aromatic carbocycles. The van der Waals surface area contributed by atoms with Crippen molar-refractivity contribution in [3.8, 4) is 0 Å².